The maximum Gasteiger partial charge on any atom is 0.416 e. The SMILES string of the molecule is Cc1cc2ccccc2c(-c2ccc3c4c(ccnc24)CCO3)c1[C@@H](CO)OC(C)(C)C(F)(F)F. The zero-order valence-electron chi connectivity index (χ0n) is 19.7. The number of ether oxygens (including phenoxy) is 2. The topological polar surface area (TPSA) is 51.6 Å². The number of halogens is 3. The molecule has 0 amide bonds. The average Bonchev–Trinajstić information content (AvgIpc) is 2.82. The molecule has 1 N–H and O–H groups in total. The third-order valence-electron chi connectivity index (χ3n) is 6.74. The van der Waals surface area contributed by atoms with E-state index < -0.39 is 24.5 Å². The number of hydrogen-bond donors (Lipinski definition) is 1. The van der Waals surface area contributed by atoms with E-state index in [1.807, 2.05) is 55.5 Å². The summed E-state index contributed by atoms with van der Waals surface area (Å²) in [6.07, 6.45) is -3.31. The summed E-state index contributed by atoms with van der Waals surface area (Å²) < 4.78 is 52.7. The summed E-state index contributed by atoms with van der Waals surface area (Å²) in [7, 11) is 0. The van der Waals surface area contributed by atoms with Crippen molar-refractivity contribution in [2.75, 3.05) is 13.2 Å². The van der Waals surface area contributed by atoms with Crippen molar-refractivity contribution in [2.45, 2.75) is 45.1 Å². The second-order valence-corrected chi connectivity index (χ2v) is 9.40. The molecule has 4 nitrogen and oxygen atoms in total. The Balaban J connectivity index is 1.83. The Labute approximate surface area is 201 Å². The van der Waals surface area contributed by atoms with Gasteiger partial charge in [-0.25, -0.2) is 0 Å². The number of nitrogens with zero attached hydrogens (tertiary/aromatic N) is 1. The predicted octanol–water partition coefficient (Wildman–Crippen LogP) is 6.69. The monoisotopic (exact) mass is 481 g/mol. The predicted molar refractivity (Wildman–Crippen MR) is 130 cm³/mol. The van der Waals surface area contributed by atoms with Gasteiger partial charge in [0.25, 0.3) is 0 Å². The van der Waals surface area contributed by atoms with Gasteiger partial charge in [-0.2, -0.15) is 13.2 Å². The molecule has 35 heavy (non-hydrogen) atoms. The normalized spacial score (nSPS) is 14.8. The van der Waals surface area contributed by atoms with E-state index in [0.717, 1.165) is 58.9 Å². The molecule has 1 aromatic heterocycles. The van der Waals surface area contributed by atoms with Crippen LogP contribution in [0.4, 0.5) is 13.2 Å². The summed E-state index contributed by atoms with van der Waals surface area (Å²) in [6, 6.07) is 15.4. The summed E-state index contributed by atoms with van der Waals surface area (Å²) in [4.78, 5) is 4.67. The molecule has 0 saturated carbocycles. The lowest BCUT2D eigenvalue weighted by molar-refractivity contribution is -0.280. The van der Waals surface area contributed by atoms with E-state index in [-0.39, 0.29) is 0 Å². The molecule has 3 aromatic carbocycles. The average molecular weight is 482 g/mol. The first kappa shape index (κ1) is 23.6. The maximum atomic E-state index is 13.7. The first-order valence-corrected chi connectivity index (χ1v) is 11.5. The highest BCUT2D eigenvalue weighted by Crippen LogP contribution is 2.46. The molecule has 0 saturated heterocycles. The van der Waals surface area contributed by atoms with Gasteiger partial charge in [0.05, 0.1) is 18.7 Å². The Bertz CT molecular complexity index is 1420. The van der Waals surface area contributed by atoms with Crippen molar-refractivity contribution in [3.05, 3.63) is 71.4 Å². The Kier molecular flexibility index (Phi) is 5.73. The highest BCUT2D eigenvalue weighted by molar-refractivity contribution is 6.08. The van der Waals surface area contributed by atoms with Crippen LogP contribution in [0.5, 0.6) is 5.75 Å². The van der Waals surface area contributed by atoms with Crippen LogP contribution in [0.3, 0.4) is 0 Å². The number of aromatic nitrogens is 1. The number of aliphatic hydroxyl groups excluding tert-OH is 1. The molecule has 1 atom stereocenters. The largest absolute Gasteiger partial charge is 0.493 e. The van der Waals surface area contributed by atoms with Crippen molar-refractivity contribution in [3.8, 4) is 16.9 Å². The highest BCUT2D eigenvalue weighted by Gasteiger charge is 2.50. The van der Waals surface area contributed by atoms with E-state index in [1.54, 1.807) is 6.20 Å². The van der Waals surface area contributed by atoms with Crippen molar-refractivity contribution in [3.63, 3.8) is 0 Å². The molecule has 0 aliphatic carbocycles. The summed E-state index contributed by atoms with van der Waals surface area (Å²) in [5, 5.41) is 13.0. The summed E-state index contributed by atoms with van der Waals surface area (Å²) in [5.41, 5.74) is 2.09. The fraction of sp³-hybridized carbons (Fsp3) is 0.321. The van der Waals surface area contributed by atoms with E-state index in [9.17, 15) is 18.3 Å². The van der Waals surface area contributed by atoms with Crippen LogP contribution >= 0.6 is 0 Å². The van der Waals surface area contributed by atoms with Gasteiger partial charge in [-0.05, 0) is 72.0 Å². The number of benzene rings is 3. The Hall–Kier alpha value is -3.16. The van der Waals surface area contributed by atoms with Gasteiger partial charge < -0.3 is 14.6 Å². The molecular formula is C28H26F3NO3. The molecular weight excluding hydrogens is 455 g/mol. The molecule has 5 rings (SSSR count). The van der Waals surface area contributed by atoms with Gasteiger partial charge in [0.1, 0.15) is 11.9 Å². The third kappa shape index (κ3) is 3.93. The highest BCUT2D eigenvalue weighted by atomic mass is 19.4. The van der Waals surface area contributed by atoms with Crippen LogP contribution in [0.25, 0.3) is 32.8 Å². The summed E-state index contributed by atoms with van der Waals surface area (Å²) in [6.45, 7) is 3.76. The molecule has 0 bridgehead atoms. The summed E-state index contributed by atoms with van der Waals surface area (Å²) in [5.74, 6) is 0.741. The lowest BCUT2D eigenvalue weighted by Gasteiger charge is -2.34. The van der Waals surface area contributed by atoms with Gasteiger partial charge >= 0.3 is 6.18 Å². The van der Waals surface area contributed by atoms with Crippen LogP contribution in [0.15, 0.2) is 54.7 Å². The van der Waals surface area contributed by atoms with E-state index in [4.69, 9.17) is 9.47 Å². The zero-order chi connectivity index (χ0) is 25.0. The number of rotatable bonds is 5. The number of aryl methyl sites for hydroxylation is 1. The van der Waals surface area contributed by atoms with Crippen molar-refractivity contribution < 1.29 is 27.8 Å². The lowest BCUT2D eigenvalue weighted by Crippen LogP contribution is -2.43. The molecule has 4 aromatic rings. The minimum atomic E-state index is -4.61. The van der Waals surface area contributed by atoms with Crippen LogP contribution in [-0.2, 0) is 11.2 Å². The van der Waals surface area contributed by atoms with Gasteiger partial charge in [-0.3, -0.25) is 4.98 Å². The molecule has 182 valence electrons. The van der Waals surface area contributed by atoms with Crippen LogP contribution in [0.1, 0.15) is 36.6 Å². The molecule has 0 radical (unpaired) electrons. The van der Waals surface area contributed by atoms with Crippen molar-refractivity contribution in [1.82, 2.24) is 4.98 Å². The Morgan fingerprint density at radius 2 is 1.89 bits per heavy atom. The van der Waals surface area contributed by atoms with Gasteiger partial charge in [0, 0.05) is 23.6 Å². The van der Waals surface area contributed by atoms with Crippen LogP contribution in [0, 0.1) is 6.92 Å². The molecule has 7 heteroatoms. The first-order valence-electron chi connectivity index (χ1n) is 11.5. The van der Waals surface area contributed by atoms with Gasteiger partial charge in [0.2, 0.25) is 0 Å². The number of fused-ring (bicyclic) bond motifs is 1. The quantitative estimate of drug-likeness (QED) is 0.345. The van der Waals surface area contributed by atoms with Gasteiger partial charge in [-0.1, -0.05) is 30.3 Å². The first-order chi connectivity index (χ1) is 16.6. The second kappa shape index (κ2) is 8.50. The van der Waals surface area contributed by atoms with Crippen LogP contribution < -0.4 is 4.74 Å². The van der Waals surface area contributed by atoms with E-state index in [1.165, 1.54) is 0 Å². The molecule has 1 aliphatic heterocycles. The Morgan fingerprint density at radius 3 is 2.63 bits per heavy atom. The number of hydrogen-bond acceptors (Lipinski definition) is 4. The van der Waals surface area contributed by atoms with Crippen LogP contribution in [-0.4, -0.2) is 35.1 Å². The summed E-state index contributed by atoms with van der Waals surface area (Å²) >= 11 is 0. The van der Waals surface area contributed by atoms with Gasteiger partial charge in [-0.15, -0.1) is 0 Å². The fourth-order valence-electron chi connectivity index (χ4n) is 4.92. The van der Waals surface area contributed by atoms with E-state index in [2.05, 4.69) is 4.98 Å². The van der Waals surface area contributed by atoms with E-state index in [0.29, 0.717) is 23.3 Å². The van der Waals surface area contributed by atoms with Crippen LogP contribution in [0.2, 0.25) is 0 Å². The smallest absolute Gasteiger partial charge is 0.416 e. The second-order valence-electron chi connectivity index (χ2n) is 9.40. The molecule has 0 spiro atoms. The molecule has 2 heterocycles. The minimum absolute atomic E-state index is 0.516. The van der Waals surface area contributed by atoms with Gasteiger partial charge in [0.15, 0.2) is 5.60 Å². The fourth-order valence-corrected chi connectivity index (χ4v) is 4.92. The molecule has 0 fully saturated rings. The standard InChI is InChI=1S/C28H26F3NO3/c1-16-14-18-6-4-5-7-19(18)25(23(16)22(15-33)35-27(2,3)28(29,30)31)20-8-9-21-24-17(11-13-34-21)10-12-32-26(20)24/h4-10,12,14,22,33H,11,13,15H2,1-3H3/t22-/m1/s1. The zero-order valence-corrected chi connectivity index (χ0v) is 19.7. The molecule has 1 aliphatic rings. The lowest BCUT2D eigenvalue weighted by atomic mass is 9.85. The Morgan fingerprint density at radius 1 is 1.11 bits per heavy atom. The number of pyridine rings is 1. The van der Waals surface area contributed by atoms with E-state index >= 15 is 0 Å². The maximum absolute atomic E-state index is 13.7. The van der Waals surface area contributed by atoms with Crippen molar-refractivity contribution in [2.24, 2.45) is 0 Å². The third-order valence-corrected chi connectivity index (χ3v) is 6.74. The number of aliphatic hydroxyl groups is 1. The molecule has 0 unspecified atom stereocenters. The minimum Gasteiger partial charge on any atom is -0.493 e. The van der Waals surface area contributed by atoms with Crippen molar-refractivity contribution >= 4 is 21.7 Å². The number of alkyl halides is 3. The van der Waals surface area contributed by atoms with Crippen molar-refractivity contribution in [1.29, 1.82) is 0 Å².